The maximum atomic E-state index is 14.0. The number of amides is 1. The van der Waals surface area contributed by atoms with Crippen LogP contribution in [0.2, 0.25) is 0 Å². The molecule has 2 aromatic heterocycles. The summed E-state index contributed by atoms with van der Waals surface area (Å²) in [6.07, 6.45) is 0.455. The van der Waals surface area contributed by atoms with E-state index in [1.54, 1.807) is 31.2 Å². The van der Waals surface area contributed by atoms with E-state index in [-0.39, 0.29) is 31.3 Å². The molecule has 1 amide bonds. The van der Waals surface area contributed by atoms with Gasteiger partial charge in [0.2, 0.25) is 0 Å². The van der Waals surface area contributed by atoms with Crippen molar-refractivity contribution in [3.63, 3.8) is 0 Å². The van der Waals surface area contributed by atoms with Crippen LogP contribution in [0.25, 0.3) is 28.3 Å². The Morgan fingerprint density at radius 2 is 1.77 bits per heavy atom. The van der Waals surface area contributed by atoms with Gasteiger partial charge in [-0.1, -0.05) is 53.7 Å². The normalized spacial score (nSPS) is 12.9. The molecule has 4 aromatic rings. The average Bonchev–Trinajstić information content (AvgIpc) is 3.56. The lowest BCUT2D eigenvalue weighted by Gasteiger charge is -2.17. The van der Waals surface area contributed by atoms with E-state index in [2.05, 4.69) is 21.2 Å². The van der Waals surface area contributed by atoms with Crippen molar-refractivity contribution in [1.29, 1.82) is 0 Å². The lowest BCUT2D eigenvalue weighted by Crippen LogP contribution is -2.51. The molecular formula is C32H36FN4O6+. The van der Waals surface area contributed by atoms with Crippen molar-refractivity contribution in [1.82, 2.24) is 15.0 Å². The van der Waals surface area contributed by atoms with Crippen LogP contribution in [0, 0.1) is 12.7 Å². The van der Waals surface area contributed by atoms with Crippen LogP contribution < -0.4 is 11.2 Å². The van der Waals surface area contributed by atoms with E-state index in [1.165, 1.54) is 18.2 Å². The predicted molar refractivity (Wildman–Crippen MR) is 157 cm³/mol. The molecule has 43 heavy (non-hydrogen) atoms. The Balaban J connectivity index is 1.88. The third kappa shape index (κ3) is 7.63. The van der Waals surface area contributed by atoms with Gasteiger partial charge in [-0.2, -0.15) is 5.90 Å². The quantitative estimate of drug-likeness (QED) is 0.182. The van der Waals surface area contributed by atoms with Gasteiger partial charge in [0.05, 0.1) is 25.2 Å². The second kappa shape index (κ2) is 14.1. The van der Waals surface area contributed by atoms with Crippen LogP contribution in [0.15, 0.2) is 71.3 Å². The van der Waals surface area contributed by atoms with Crippen LogP contribution >= 0.6 is 0 Å². The standard InChI is InChI=1S/C32H35FN4O6/c1-19(2)37-27(14-13-25(38)16-26(39)17-28(40)42-34)29(22-9-11-23(33)12-10-22)30(21-7-5-4-6-8-21)31(37)32(41)35-18-24-15-20(3)43-36-24/h4-15,19,25-26,38-39H,16-18H2,1-3,34H3/p+1. The van der Waals surface area contributed by atoms with Gasteiger partial charge < -0.3 is 24.6 Å². The van der Waals surface area contributed by atoms with Gasteiger partial charge in [-0.3, -0.25) is 9.63 Å². The lowest BCUT2D eigenvalue weighted by molar-refractivity contribution is -0.657. The Morgan fingerprint density at radius 1 is 1.09 bits per heavy atom. The Bertz CT molecular complexity index is 1580. The Hall–Kier alpha value is -4.58. The third-order valence-electron chi connectivity index (χ3n) is 6.83. The molecule has 0 aliphatic heterocycles. The number of carbonyl (C=O) groups is 2. The van der Waals surface area contributed by atoms with E-state index in [0.717, 1.165) is 5.56 Å². The zero-order valence-corrected chi connectivity index (χ0v) is 24.3. The van der Waals surface area contributed by atoms with Crippen molar-refractivity contribution in [3.05, 3.63) is 95.4 Å². The molecule has 0 spiro atoms. The molecule has 2 unspecified atom stereocenters. The number of hydrogen-bond acceptors (Lipinski definition) is 7. The minimum Gasteiger partial charge on any atom is -0.392 e. The van der Waals surface area contributed by atoms with Crippen LogP contribution in [0.1, 0.15) is 60.4 Å². The van der Waals surface area contributed by atoms with Gasteiger partial charge in [0.1, 0.15) is 23.0 Å². The van der Waals surface area contributed by atoms with Gasteiger partial charge in [-0.05, 0) is 50.1 Å². The Morgan fingerprint density at radius 3 is 2.37 bits per heavy atom. The van der Waals surface area contributed by atoms with Gasteiger partial charge in [0, 0.05) is 35.3 Å². The highest BCUT2D eigenvalue weighted by molar-refractivity contribution is 6.06. The van der Waals surface area contributed by atoms with E-state index >= 15 is 0 Å². The molecule has 4 rings (SSSR count). The highest BCUT2D eigenvalue weighted by atomic mass is 19.1. The molecule has 0 bridgehead atoms. The minimum atomic E-state index is -1.15. The maximum Gasteiger partial charge on any atom is 0.368 e. The molecule has 226 valence electrons. The summed E-state index contributed by atoms with van der Waals surface area (Å²) >= 11 is 0. The topological polar surface area (TPSA) is 154 Å². The largest absolute Gasteiger partial charge is 0.392 e. The highest BCUT2D eigenvalue weighted by Gasteiger charge is 2.29. The predicted octanol–water partition coefficient (Wildman–Crippen LogP) is 3.98. The fourth-order valence-corrected chi connectivity index (χ4v) is 4.98. The summed E-state index contributed by atoms with van der Waals surface area (Å²) in [5, 5.41) is 27.9. The Labute approximate surface area is 248 Å². The second-order valence-corrected chi connectivity index (χ2v) is 10.5. The highest BCUT2D eigenvalue weighted by Crippen LogP contribution is 2.42. The molecule has 0 fully saturated rings. The number of quaternary nitrogens is 1. The number of hydrogen-bond donors (Lipinski definition) is 4. The lowest BCUT2D eigenvalue weighted by atomic mass is 9.94. The first kappa shape index (κ1) is 31.4. The van der Waals surface area contributed by atoms with Crippen LogP contribution in [-0.2, 0) is 16.2 Å². The molecule has 10 nitrogen and oxygen atoms in total. The van der Waals surface area contributed by atoms with Crippen LogP contribution in [0.5, 0.6) is 0 Å². The van der Waals surface area contributed by atoms with Crippen molar-refractivity contribution in [3.8, 4) is 22.3 Å². The number of rotatable bonds is 12. The van der Waals surface area contributed by atoms with Crippen LogP contribution in [-0.4, -0.2) is 44.0 Å². The zero-order valence-electron chi connectivity index (χ0n) is 24.3. The zero-order chi connectivity index (χ0) is 31.1. The smallest absolute Gasteiger partial charge is 0.368 e. The number of benzene rings is 2. The second-order valence-electron chi connectivity index (χ2n) is 10.5. The fraction of sp³-hybridized carbons (Fsp3) is 0.281. The molecule has 0 saturated carbocycles. The molecule has 2 aromatic carbocycles. The van der Waals surface area contributed by atoms with Crippen LogP contribution in [0.4, 0.5) is 4.39 Å². The summed E-state index contributed by atoms with van der Waals surface area (Å²) < 4.78 is 21.0. The summed E-state index contributed by atoms with van der Waals surface area (Å²) in [5.74, 6) is 2.20. The van der Waals surface area contributed by atoms with Crippen molar-refractivity contribution in [2.45, 2.75) is 58.4 Å². The summed E-state index contributed by atoms with van der Waals surface area (Å²) in [6, 6.07) is 16.9. The first-order valence-corrected chi connectivity index (χ1v) is 13.9. The van der Waals surface area contributed by atoms with Gasteiger partial charge in [0.15, 0.2) is 0 Å². The van der Waals surface area contributed by atoms with Gasteiger partial charge in [-0.25, -0.2) is 9.18 Å². The first-order chi connectivity index (χ1) is 20.6. The van der Waals surface area contributed by atoms with E-state index < -0.39 is 24.0 Å². The van der Waals surface area contributed by atoms with Gasteiger partial charge in [0.25, 0.3) is 5.91 Å². The fourth-order valence-electron chi connectivity index (χ4n) is 4.98. The molecule has 2 heterocycles. The maximum absolute atomic E-state index is 14.0. The third-order valence-corrected chi connectivity index (χ3v) is 6.83. The molecule has 0 aliphatic carbocycles. The number of halogens is 1. The summed E-state index contributed by atoms with van der Waals surface area (Å²) in [7, 11) is 0. The molecule has 0 saturated heterocycles. The van der Waals surface area contributed by atoms with Crippen molar-refractivity contribution < 1.29 is 39.5 Å². The molecule has 0 radical (unpaired) electrons. The van der Waals surface area contributed by atoms with Gasteiger partial charge >= 0.3 is 5.97 Å². The number of aryl methyl sites for hydroxylation is 1. The summed E-state index contributed by atoms with van der Waals surface area (Å²) in [6.45, 7) is 5.77. The molecule has 11 heteroatoms. The van der Waals surface area contributed by atoms with E-state index in [1.807, 2.05) is 48.7 Å². The summed E-state index contributed by atoms with van der Waals surface area (Å²) in [4.78, 5) is 29.8. The van der Waals surface area contributed by atoms with Crippen molar-refractivity contribution in [2.24, 2.45) is 0 Å². The first-order valence-electron chi connectivity index (χ1n) is 13.9. The number of nitrogens with one attached hydrogen (secondary N) is 1. The average molecular weight is 592 g/mol. The van der Waals surface area contributed by atoms with E-state index in [4.69, 9.17) is 4.52 Å². The number of aliphatic hydroxyl groups is 2. The number of nitrogens with zero attached hydrogens (tertiary/aromatic N) is 2. The summed E-state index contributed by atoms with van der Waals surface area (Å²) in [5.41, 5.74) is 4.24. The van der Waals surface area contributed by atoms with E-state index in [9.17, 15) is 24.2 Å². The number of aromatic nitrogens is 2. The number of carbonyl (C=O) groups excluding carboxylic acids is 2. The van der Waals surface area contributed by atoms with Crippen LogP contribution in [0.3, 0.4) is 0 Å². The SMILES string of the molecule is Cc1cc(CNC(=O)c2c(-c3ccccc3)c(-c3ccc(F)cc3)c(C=CC(O)CC(O)CC(=O)O[NH3+])n2C(C)C)no1. The van der Waals surface area contributed by atoms with Crippen molar-refractivity contribution >= 4 is 18.0 Å². The Kier molecular flexibility index (Phi) is 10.3. The molecule has 2 atom stereocenters. The van der Waals surface area contributed by atoms with E-state index in [0.29, 0.717) is 39.5 Å². The van der Waals surface area contributed by atoms with Gasteiger partial charge in [-0.15, -0.1) is 0 Å². The molecular weight excluding hydrogens is 555 g/mol. The minimum absolute atomic E-state index is 0.129. The number of aliphatic hydroxyl groups excluding tert-OH is 2. The molecule has 6 N–H and O–H groups in total. The van der Waals surface area contributed by atoms with Crippen molar-refractivity contribution in [2.75, 3.05) is 0 Å². The molecule has 0 aliphatic rings. The monoisotopic (exact) mass is 591 g/mol.